The molecule has 2 atom stereocenters. The van der Waals surface area contributed by atoms with Crippen LogP contribution in [0.3, 0.4) is 0 Å². The first-order chi connectivity index (χ1) is 16.5. The zero-order valence-corrected chi connectivity index (χ0v) is 23.1. The van der Waals surface area contributed by atoms with Crippen molar-refractivity contribution in [3.63, 3.8) is 0 Å². The van der Waals surface area contributed by atoms with Gasteiger partial charge in [0, 0.05) is 35.0 Å². The van der Waals surface area contributed by atoms with Crippen molar-refractivity contribution in [3.05, 3.63) is 26.7 Å². The molecule has 4 saturated carbocycles. The Kier molecular flexibility index (Phi) is 6.83. The highest BCUT2D eigenvalue weighted by Gasteiger charge is 2.56. The Bertz CT molecular complexity index is 1130. The number of anilines is 1. The van der Waals surface area contributed by atoms with Crippen LogP contribution in [0.15, 0.2) is 16.6 Å². The summed E-state index contributed by atoms with van der Waals surface area (Å²) in [6.07, 6.45) is 5.90. The van der Waals surface area contributed by atoms with E-state index in [0.29, 0.717) is 45.8 Å². The Morgan fingerprint density at radius 1 is 1.14 bits per heavy atom. The highest BCUT2D eigenvalue weighted by molar-refractivity contribution is 9.10. The molecule has 5 fully saturated rings. The normalized spacial score (nSPS) is 33.6. The van der Waals surface area contributed by atoms with E-state index >= 15 is 0 Å². The second-order valence-electron chi connectivity index (χ2n) is 10.7. The first-order valence-electron chi connectivity index (χ1n) is 12.0. The van der Waals surface area contributed by atoms with Gasteiger partial charge in [-0.25, -0.2) is 0 Å². The number of primary amides is 1. The second-order valence-corrected chi connectivity index (χ2v) is 14.2. The van der Waals surface area contributed by atoms with E-state index < -0.39 is 10.2 Å². The fourth-order valence-electron chi connectivity index (χ4n) is 7.33. The van der Waals surface area contributed by atoms with Crippen LogP contribution in [0.4, 0.5) is 5.69 Å². The third kappa shape index (κ3) is 4.81. The lowest BCUT2D eigenvalue weighted by atomic mass is 9.47. The number of nitrogens with two attached hydrogens (primary N) is 1. The van der Waals surface area contributed by atoms with Crippen LogP contribution < -0.4 is 15.4 Å². The number of carbonyl (C=O) groups is 2. The van der Waals surface area contributed by atoms with Gasteiger partial charge >= 0.3 is 10.2 Å². The average Bonchev–Trinajstić information content (AvgIpc) is 2.71. The summed E-state index contributed by atoms with van der Waals surface area (Å²) < 4.78 is 29.8. The van der Waals surface area contributed by atoms with Crippen LogP contribution in [0.25, 0.3) is 0 Å². The fraction of sp³-hybridized carbons (Fsp3) is 0.652. The maximum absolute atomic E-state index is 13.4. The predicted molar refractivity (Wildman–Crippen MR) is 138 cm³/mol. The molecule has 0 radical (unpaired) electrons. The Balaban J connectivity index is 1.28. The van der Waals surface area contributed by atoms with Crippen molar-refractivity contribution in [3.8, 4) is 0 Å². The summed E-state index contributed by atoms with van der Waals surface area (Å²) in [5.41, 5.74) is 5.84. The Morgan fingerprint density at radius 2 is 1.83 bits per heavy atom. The number of amides is 2. The van der Waals surface area contributed by atoms with E-state index in [2.05, 4.69) is 21.2 Å². The van der Waals surface area contributed by atoms with E-state index in [1.165, 1.54) is 14.7 Å². The van der Waals surface area contributed by atoms with Crippen molar-refractivity contribution in [2.75, 3.05) is 23.9 Å². The third-order valence-corrected chi connectivity index (χ3v) is 11.2. The molecule has 1 heterocycles. The van der Waals surface area contributed by atoms with Crippen LogP contribution in [0.2, 0.25) is 10.0 Å². The summed E-state index contributed by atoms with van der Waals surface area (Å²) in [5.74, 6) is 0.655. The Labute approximate surface area is 224 Å². The highest BCUT2D eigenvalue weighted by atomic mass is 79.9. The van der Waals surface area contributed by atoms with Crippen LogP contribution in [0.5, 0.6) is 0 Å². The molecule has 5 aliphatic rings. The Hall–Kier alpha value is -1.07. The minimum atomic E-state index is -3.96. The zero-order chi connectivity index (χ0) is 25.1. The zero-order valence-electron chi connectivity index (χ0n) is 19.2. The van der Waals surface area contributed by atoms with Gasteiger partial charge in [0.2, 0.25) is 11.8 Å². The molecule has 35 heavy (non-hydrogen) atoms. The molecule has 1 saturated heterocycles. The summed E-state index contributed by atoms with van der Waals surface area (Å²) in [7, 11) is -3.96. The number of nitrogens with one attached hydrogen (secondary N) is 1. The minimum Gasteiger partial charge on any atom is -0.370 e. The van der Waals surface area contributed by atoms with Crippen LogP contribution in [-0.4, -0.2) is 50.2 Å². The number of benzene rings is 1. The van der Waals surface area contributed by atoms with Crippen molar-refractivity contribution in [2.24, 2.45) is 28.9 Å². The van der Waals surface area contributed by atoms with E-state index in [1.807, 2.05) is 0 Å². The van der Waals surface area contributed by atoms with E-state index in [4.69, 9.17) is 28.9 Å². The molecule has 1 aliphatic heterocycles. The maximum Gasteiger partial charge on any atom is 0.304 e. The van der Waals surface area contributed by atoms with Gasteiger partial charge in [0.1, 0.15) is 0 Å². The maximum atomic E-state index is 13.4. The van der Waals surface area contributed by atoms with Crippen molar-refractivity contribution in [1.29, 1.82) is 0 Å². The van der Waals surface area contributed by atoms with Gasteiger partial charge in [-0.3, -0.25) is 13.9 Å². The number of hydrogen-bond donors (Lipinski definition) is 2. The van der Waals surface area contributed by atoms with Gasteiger partial charge in [-0.05, 0) is 89.8 Å². The van der Waals surface area contributed by atoms with Gasteiger partial charge in [0.15, 0.2) is 0 Å². The predicted octanol–water partition coefficient (Wildman–Crippen LogP) is 3.70. The lowest BCUT2D eigenvalue weighted by Crippen LogP contribution is -2.61. The molecule has 4 aliphatic carbocycles. The molecule has 2 unspecified atom stereocenters. The monoisotopic (exact) mass is 606 g/mol. The van der Waals surface area contributed by atoms with Gasteiger partial charge in [-0.2, -0.15) is 12.7 Å². The van der Waals surface area contributed by atoms with Crippen LogP contribution in [0.1, 0.15) is 44.9 Å². The van der Waals surface area contributed by atoms with Gasteiger partial charge in [0.05, 0.1) is 17.3 Å². The molecule has 4 bridgehead atoms. The number of carbonyl (C=O) groups excluding carboxylic acids is 2. The molecule has 6 rings (SSSR count). The molecule has 8 nitrogen and oxygen atoms in total. The lowest BCUT2D eigenvalue weighted by Gasteiger charge is -2.60. The van der Waals surface area contributed by atoms with E-state index in [9.17, 15) is 18.0 Å². The molecule has 192 valence electrons. The van der Waals surface area contributed by atoms with E-state index in [1.54, 1.807) is 6.07 Å². The number of nitrogens with zero attached hydrogens (tertiary/aromatic N) is 2. The van der Waals surface area contributed by atoms with Gasteiger partial charge in [-0.1, -0.05) is 23.2 Å². The van der Waals surface area contributed by atoms with E-state index in [-0.39, 0.29) is 47.9 Å². The molecule has 1 aromatic rings. The van der Waals surface area contributed by atoms with Crippen molar-refractivity contribution < 1.29 is 18.0 Å². The SMILES string of the molecule is NC(=O)CC12CC3CC(C1)C(NC(=O)CN1CCCN(c4c(Cl)cc(Cl)cc4Br)S1(=O)=O)C(C3)C2. The lowest BCUT2D eigenvalue weighted by molar-refractivity contribution is -0.134. The summed E-state index contributed by atoms with van der Waals surface area (Å²) in [6, 6.07) is 3.12. The minimum absolute atomic E-state index is 0.0171. The largest absolute Gasteiger partial charge is 0.370 e. The average molecular weight is 608 g/mol. The van der Waals surface area contributed by atoms with Gasteiger partial charge < -0.3 is 11.1 Å². The molecule has 1 aromatic carbocycles. The number of hydrogen-bond acceptors (Lipinski definition) is 4. The van der Waals surface area contributed by atoms with Crippen molar-refractivity contribution in [2.45, 2.75) is 51.0 Å². The smallest absolute Gasteiger partial charge is 0.304 e. The first kappa shape index (κ1) is 25.6. The standard InChI is InChI=1S/C23H29BrCl2N4O4S/c24-17-6-16(25)7-18(26)22(17)30-3-1-2-29(35(30,33)34)12-20(32)28-21-14-4-13-5-15(21)10-23(8-13,9-14)11-19(27)31/h6-7,13-15,21H,1-5,8-12H2,(H2,27,31)(H,28,32). The van der Waals surface area contributed by atoms with Crippen LogP contribution in [0, 0.1) is 23.2 Å². The fourth-order valence-corrected chi connectivity index (χ4v) is 10.7. The highest BCUT2D eigenvalue weighted by Crippen LogP contribution is 2.61. The molecule has 0 aromatic heterocycles. The third-order valence-electron chi connectivity index (χ3n) is 8.20. The Morgan fingerprint density at radius 3 is 2.46 bits per heavy atom. The molecular formula is C23H29BrCl2N4O4S. The summed E-state index contributed by atoms with van der Waals surface area (Å²) in [5, 5.41) is 3.78. The quantitative estimate of drug-likeness (QED) is 0.513. The van der Waals surface area contributed by atoms with Crippen molar-refractivity contribution in [1.82, 2.24) is 9.62 Å². The van der Waals surface area contributed by atoms with Crippen LogP contribution in [-0.2, 0) is 19.8 Å². The molecule has 3 N–H and O–H groups in total. The first-order valence-corrected chi connectivity index (χ1v) is 14.9. The molecular weight excluding hydrogens is 579 g/mol. The van der Waals surface area contributed by atoms with Crippen LogP contribution >= 0.6 is 39.1 Å². The van der Waals surface area contributed by atoms with Crippen molar-refractivity contribution >= 4 is 66.8 Å². The molecule has 0 spiro atoms. The summed E-state index contributed by atoms with van der Waals surface area (Å²) in [6.45, 7) is 0.278. The molecule has 12 heteroatoms. The van der Waals surface area contributed by atoms with Gasteiger partial charge in [-0.15, -0.1) is 0 Å². The van der Waals surface area contributed by atoms with Gasteiger partial charge in [0.25, 0.3) is 0 Å². The summed E-state index contributed by atoms with van der Waals surface area (Å²) in [4.78, 5) is 24.8. The number of rotatable bonds is 6. The topological polar surface area (TPSA) is 113 Å². The second kappa shape index (κ2) is 9.35. The van der Waals surface area contributed by atoms with E-state index in [0.717, 1.165) is 32.1 Å². The number of halogens is 3. The summed E-state index contributed by atoms with van der Waals surface area (Å²) >= 11 is 15.8. The molecule has 2 amide bonds.